The van der Waals surface area contributed by atoms with Crippen LogP contribution in [0.2, 0.25) is 0 Å². The molecule has 0 saturated carbocycles. The van der Waals surface area contributed by atoms with E-state index in [1.165, 1.54) is 16.9 Å². The summed E-state index contributed by atoms with van der Waals surface area (Å²) in [6, 6.07) is 16.8. The van der Waals surface area contributed by atoms with Crippen LogP contribution >= 0.6 is 0 Å². The number of benzene rings is 2. The van der Waals surface area contributed by atoms with E-state index < -0.39 is 0 Å². The molecule has 0 saturated heterocycles. The van der Waals surface area contributed by atoms with Crippen LogP contribution in [0.1, 0.15) is 0 Å². The molecule has 8 heteroatoms. The summed E-state index contributed by atoms with van der Waals surface area (Å²) in [6.45, 7) is 0. The van der Waals surface area contributed by atoms with Gasteiger partial charge in [-0.2, -0.15) is 0 Å². The Morgan fingerprint density at radius 2 is 1.96 bits per heavy atom. The summed E-state index contributed by atoms with van der Waals surface area (Å²) in [5.74, 6) is 0.416. The number of tetrazole rings is 1. The van der Waals surface area contributed by atoms with Crippen molar-refractivity contribution in [3.8, 4) is 34.1 Å². The van der Waals surface area contributed by atoms with Gasteiger partial charge in [-0.05, 0) is 47.2 Å². The van der Waals surface area contributed by atoms with Gasteiger partial charge in [0.05, 0.1) is 5.69 Å². The third-order valence-electron chi connectivity index (χ3n) is 3.83. The molecule has 0 aliphatic heterocycles. The van der Waals surface area contributed by atoms with Crippen molar-refractivity contribution in [2.75, 3.05) is 0 Å². The van der Waals surface area contributed by atoms with Gasteiger partial charge in [0.2, 0.25) is 5.82 Å². The van der Waals surface area contributed by atoms with Gasteiger partial charge >= 0.3 is 0 Å². The van der Waals surface area contributed by atoms with E-state index in [1.54, 1.807) is 48.7 Å². The Morgan fingerprint density at radius 1 is 1.04 bits per heavy atom. The summed E-state index contributed by atoms with van der Waals surface area (Å²) < 4.78 is 18.9. The van der Waals surface area contributed by atoms with Crippen LogP contribution < -0.4 is 4.74 Å². The van der Waals surface area contributed by atoms with Gasteiger partial charge in [-0.15, -0.1) is 15.0 Å². The minimum absolute atomic E-state index is 0.352. The molecule has 2 heterocycles. The molecule has 0 radical (unpaired) electrons. The van der Waals surface area contributed by atoms with Crippen LogP contribution in [-0.4, -0.2) is 31.6 Å². The van der Waals surface area contributed by atoms with E-state index in [4.69, 9.17) is 10.1 Å². The molecule has 2 aromatic carbocycles. The lowest BCUT2D eigenvalue weighted by atomic mass is 10.0. The summed E-state index contributed by atoms with van der Waals surface area (Å²) in [6.07, 6.45) is 2.47. The predicted octanol–water partition coefficient (Wildman–Crippen LogP) is 3.52. The first kappa shape index (κ1) is 16.5. The Bertz CT molecular complexity index is 1100. The van der Waals surface area contributed by atoms with Crippen LogP contribution in [0.15, 0.2) is 66.9 Å². The van der Waals surface area contributed by atoms with E-state index in [1.807, 2.05) is 6.07 Å². The second-order valence-corrected chi connectivity index (χ2v) is 5.54. The molecule has 0 fully saturated rings. The summed E-state index contributed by atoms with van der Waals surface area (Å²) >= 11 is 0. The first-order valence-electron chi connectivity index (χ1n) is 8.02. The minimum Gasteiger partial charge on any atom is -0.446 e. The van der Waals surface area contributed by atoms with Crippen LogP contribution in [-0.2, 0) is 0 Å². The molecule has 132 valence electrons. The first-order valence-corrected chi connectivity index (χ1v) is 8.02. The molecular formula is C19H13FN6O. The van der Waals surface area contributed by atoms with E-state index in [0.717, 1.165) is 6.40 Å². The Balaban J connectivity index is 1.73. The average Bonchev–Trinajstić information content (AvgIpc) is 3.19. The fourth-order valence-corrected chi connectivity index (χ4v) is 2.61. The Labute approximate surface area is 153 Å². The first-order chi connectivity index (χ1) is 13.2. The van der Waals surface area contributed by atoms with Gasteiger partial charge in [0.1, 0.15) is 17.3 Å². The maximum atomic E-state index is 13.6. The normalized spacial score (nSPS) is 10.6. The number of halogens is 1. The van der Waals surface area contributed by atoms with Crippen LogP contribution in [0.25, 0.3) is 28.3 Å². The van der Waals surface area contributed by atoms with Crippen molar-refractivity contribution >= 4 is 6.40 Å². The number of pyridine rings is 1. The zero-order valence-corrected chi connectivity index (χ0v) is 14.0. The highest BCUT2D eigenvalue weighted by atomic mass is 19.1. The second kappa shape index (κ2) is 7.12. The van der Waals surface area contributed by atoms with Gasteiger partial charge in [-0.1, -0.05) is 18.2 Å². The van der Waals surface area contributed by atoms with Crippen LogP contribution in [0.3, 0.4) is 0 Å². The summed E-state index contributed by atoms with van der Waals surface area (Å²) in [7, 11) is 0. The molecule has 27 heavy (non-hydrogen) atoms. The maximum absolute atomic E-state index is 13.6. The lowest BCUT2D eigenvalue weighted by Gasteiger charge is -2.10. The lowest BCUT2D eigenvalue weighted by molar-refractivity contribution is 0.569. The van der Waals surface area contributed by atoms with Gasteiger partial charge in [0, 0.05) is 17.8 Å². The van der Waals surface area contributed by atoms with Crippen molar-refractivity contribution in [1.82, 2.24) is 25.2 Å². The molecular weight excluding hydrogens is 347 g/mol. The van der Waals surface area contributed by atoms with Gasteiger partial charge in [-0.3, -0.25) is 10.4 Å². The number of nitrogens with zero attached hydrogens (tertiary/aromatic N) is 5. The molecule has 1 N–H and O–H groups in total. The van der Waals surface area contributed by atoms with Crippen molar-refractivity contribution in [3.63, 3.8) is 0 Å². The summed E-state index contributed by atoms with van der Waals surface area (Å²) in [4.78, 5) is 5.54. The lowest BCUT2D eigenvalue weighted by Crippen LogP contribution is -2.01. The van der Waals surface area contributed by atoms with E-state index in [-0.39, 0.29) is 5.82 Å². The maximum Gasteiger partial charge on any atom is 0.223 e. The summed E-state index contributed by atoms with van der Waals surface area (Å²) in [5, 5.41) is 19.6. The molecule has 0 bridgehead atoms. The molecule has 4 rings (SSSR count). The topological polar surface area (TPSA) is 89.6 Å². The number of ether oxygens (including phenoxy) is 1. The van der Waals surface area contributed by atoms with Gasteiger partial charge < -0.3 is 4.74 Å². The number of nitrogens with one attached hydrogen (secondary N) is 1. The molecule has 0 unspecified atom stereocenters. The fourth-order valence-electron chi connectivity index (χ4n) is 2.61. The van der Waals surface area contributed by atoms with Crippen molar-refractivity contribution in [2.24, 2.45) is 0 Å². The molecule has 7 nitrogen and oxygen atoms in total. The fraction of sp³-hybridized carbons (Fsp3) is 0. The summed E-state index contributed by atoms with van der Waals surface area (Å²) in [5.41, 5.74) is 2.48. The largest absolute Gasteiger partial charge is 0.446 e. The second-order valence-electron chi connectivity index (χ2n) is 5.54. The minimum atomic E-state index is -0.352. The van der Waals surface area contributed by atoms with E-state index in [9.17, 15) is 4.39 Å². The standard InChI is InChI=1S/C19H13FN6O/c20-14-5-3-4-13(10-14)16-8-7-15(11-18(16)27-12-21)26-24-19(23-25-26)17-6-1-2-9-22-17/h1-12,21H. The van der Waals surface area contributed by atoms with Gasteiger partial charge in [0.25, 0.3) is 0 Å². The van der Waals surface area contributed by atoms with Crippen molar-refractivity contribution in [3.05, 3.63) is 72.7 Å². The predicted molar refractivity (Wildman–Crippen MR) is 97.2 cm³/mol. The Morgan fingerprint density at radius 3 is 2.74 bits per heavy atom. The highest BCUT2D eigenvalue weighted by Crippen LogP contribution is 2.32. The number of rotatable bonds is 5. The highest BCUT2D eigenvalue weighted by Gasteiger charge is 2.12. The van der Waals surface area contributed by atoms with Gasteiger partial charge in [-0.25, -0.2) is 4.39 Å². The van der Waals surface area contributed by atoms with E-state index >= 15 is 0 Å². The molecule has 0 atom stereocenters. The third kappa shape index (κ3) is 3.40. The van der Waals surface area contributed by atoms with Crippen molar-refractivity contribution < 1.29 is 9.13 Å². The Kier molecular flexibility index (Phi) is 4.36. The SMILES string of the molecule is N=COc1cc(-n2nnc(-c3ccccn3)n2)ccc1-c1cccc(F)c1. The molecule has 2 aromatic heterocycles. The Hall–Kier alpha value is -3.94. The van der Waals surface area contributed by atoms with Crippen LogP contribution in [0, 0.1) is 11.2 Å². The number of hydrogen-bond acceptors (Lipinski definition) is 6. The van der Waals surface area contributed by atoms with Crippen molar-refractivity contribution in [2.45, 2.75) is 0 Å². The molecule has 0 aliphatic carbocycles. The van der Waals surface area contributed by atoms with E-state index in [0.29, 0.717) is 34.1 Å². The number of hydrogen-bond donors (Lipinski definition) is 1. The molecule has 4 aromatic rings. The van der Waals surface area contributed by atoms with Crippen LogP contribution in [0.4, 0.5) is 4.39 Å². The molecule has 0 aliphatic rings. The quantitative estimate of drug-likeness (QED) is 0.434. The monoisotopic (exact) mass is 360 g/mol. The molecule has 0 spiro atoms. The smallest absolute Gasteiger partial charge is 0.223 e. The highest BCUT2D eigenvalue weighted by molar-refractivity contribution is 5.74. The van der Waals surface area contributed by atoms with Gasteiger partial charge in [0.15, 0.2) is 6.40 Å². The zero-order chi connectivity index (χ0) is 18.6. The number of aromatic nitrogens is 5. The van der Waals surface area contributed by atoms with E-state index in [2.05, 4.69) is 20.4 Å². The zero-order valence-electron chi connectivity index (χ0n) is 14.0. The third-order valence-corrected chi connectivity index (χ3v) is 3.83. The van der Waals surface area contributed by atoms with Crippen molar-refractivity contribution in [1.29, 1.82) is 5.41 Å². The van der Waals surface area contributed by atoms with Crippen LogP contribution in [0.5, 0.6) is 5.75 Å². The average molecular weight is 360 g/mol. The molecule has 0 amide bonds.